The first kappa shape index (κ1) is 14.2. The first-order valence-corrected chi connectivity index (χ1v) is 6.70. The third-order valence-electron chi connectivity index (χ3n) is 3.30. The van der Waals surface area contributed by atoms with Crippen LogP contribution >= 0.6 is 0 Å². The Morgan fingerprint density at radius 1 is 1.37 bits per heavy atom. The predicted octanol–water partition coefficient (Wildman–Crippen LogP) is 1.25. The van der Waals surface area contributed by atoms with Gasteiger partial charge in [0.05, 0.1) is 13.2 Å². The molecule has 19 heavy (non-hydrogen) atoms. The fourth-order valence-electron chi connectivity index (χ4n) is 2.26. The van der Waals surface area contributed by atoms with Gasteiger partial charge in [-0.15, -0.1) is 0 Å². The molecule has 1 aromatic rings. The van der Waals surface area contributed by atoms with Crippen LogP contribution in [0.5, 0.6) is 5.75 Å². The fourth-order valence-corrected chi connectivity index (χ4v) is 2.26. The zero-order valence-corrected chi connectivity index (χ0v) is 11.1. The Morgan fingerprint density at radius 3 is 2.84 bits per heavy atom. The van der Waals surface area contributed by atoms with Crippen molar-refractivity contribution in [1.82, 2.24) is 4.90 Å². The zero-order chi connectivity index (χ0) is 13.5. The molecule has 4 nitrogen and oxygen atoms in total. The minimum Gasteiger partial charge on any atom is -0.492 e. The maximum Gasteiger partial charge on any atom is 0.126 e. The second-order valence-electron chi connectivity index (χ2n) is 4.65. The van der Waals surface area contributed by atoms with Crippen LogP contribution in [0.15, 0.2) is 24.3 Å². The fraction of sp³-hybridized carbons (Fsp3) is 0.571. The van der Waals surface area contributed by atoms with E-state index in [1.165, 1.54) is 12.1 Å². The van der Waals surface area contributed by atoms with Crippen molar-refractivity contribution in [3.63, 3.8) is 0 Å². The first-order chi connectivity index (χ1) is 9.29. The lowest BCUT2D eigenvalue weighted by atomic mass is 10.1. The van der Waals surface area contributed by atoms with Crippen LogP contribution in [-0.4, -0.2) is 50.4 Å². The van der Waals surface area contributed by atoms with E-state index in [4.69, 9.17) is 15.2 Å². The smallest absolute Gasteiger partial charge is 0.126 e. The van der Waals surface area contributed by atoms with E-state index in [1.54, 1.807) is 12.1 Å². The van der Waals surface area contributed by atoms with Crippen molar-refractivity contribution < 1.29 is 13.9 Å². The van der Waals surface area contributed by atoms with E-state index < -0.39 is 0 Å². The number of hydrogen-bond donors (Lipinski definition) is 1. The molecular formula is C14H21FN2O2. The molecule has 1 aliphatic rings. The number of morpholine rings is 1. The third-order valence-corrected chi connectivity index (χ3v) is 3.30. The monoisotopic (exact) mass is 268 g/mol. The summed E-state index contributed by atoms with van der Waals surface area (Å²) in [5, 5.41) is 0. The molecule has 0 amide bonds. The summed E-state index contributed by atoms with van der Waals surface area (Å²) < 4.78 is 24.1. The van der Waals surface area contributed by atoms with Crippen LogP contribution in [0, 0.1) is 5.82 Å². The van der Waals surface area contributed by atoms with E-state index >= 15 is 0 Å². The summed E-state index contributed by atoms with van der Waals surface area (Å²) in [4.78, 5) is 2.33. The van der Waals surface area contributed by atoms with Gasteiger partial charge in [-0.3, -0.25) is 4.90 Å². The maximum atomic E-state index is 13.1. The number of nitrogens with zero attached hydrogens (tertiary/aromatic N) is 1. The second kappa shape index (κ2) is 7.43. The lowest BCUT2D eigenvalue weighted by Crippen LogP contribution is -2.47. The van der Waals surface area contributed by atoms with Crippen LogP contribution in [0.4, 0.5) is 4.39 Å². The molecule has 5 heteroatoms. The van der Waals surface area contributed by atoms with E-state index in [0.29, 0.717) is 18.9 Å². The van der Waals surface area contributed by atoms with E-state index in [9.17, 15) is 4.39 Å². The largest absolute Gasteiger partial charge is 0.492 e. The van der Waals surface area contributed by atoms with Gasteiger partial charge < -0.3 is 15.2 Å². The molecule has 1 atom stereocenters. The van der Waals surface area contributed by atoms with Crippen LogP contribution in [0.1, 0.15) is 6.42 Å². The molecular weight excluding hydrogens is 247 g/mol. The predicted molar refractivity (Wildman–Crippen MR) is 71.7 cm³/mol. The van der Waals surface area contributed by atoms with Gasteiger partial charge in [-0.1, -0.05) is 6.07 Å². The topological polar surface area (TPSA) is 47.7 Å². The molecule has 106 valence electrons. The highest BCUT2D eigenvalue weighted by Crippen LogP contribution is 2.14. The number of nitrogens with two attached hydrogens (primary N) is 1. The molecule has 1 fully saturated rings. The molecule has 1 aliphatic heterocycles. The Morgan fingerprint density at radius 2 is 2.16 bits per heavy atom. The van der Waals surface area contributed by atoms with Gasteiger partial charge in [0.15, 0.2) is 0 Å². The van der Waals surface area contributed by atoms with Crippen LogP contribution in [0.25, 0.3) is 0 Å². The average molecular weight is 268 g/mol. The van der Waals surface area contributed by atoms with E-state index in [0.717, 1.165) is 32.7 Å². The maximum absolute atomic E-state index is 13.1. The molecule has 0 aliphatic carbocycles. The summed E-state index contributed by atoms with van der Waals surface area (Å²) in [6, 6.07) is 6.49. The van der Waals surface area contributed by atoms with Crippen molar-refractivity contribution in [2.75, 3.05) is 39.5 Å². The van der Waals surface area contributed by atoms with Gasteiger partial charge in [0.2, 0.25) is 0 Å². The summed E-state index contributed by atoms with van der Waals surface area (Å²) >= 11 is 0. The standard InChI is InChI=1S/C14H21FN2O2/c15-12-2-1-3-14(10-12)19-11-13(4-5-16)17-6-8-18-9-7-17/h1-3,10,13H,4-9,11,16H2. The van der Waals surface area contributed by atoms with Crippen molar-refractivity contribution >= 4 is 0 Å². The van der Waals surface area contributed by atoms with Gasteiger partial charge >= 0.3 is 0 Å². The summed E-state index contributed by atoms with van der Waals surface area (Å²) in [6.07, 6.45) is 0.870. The number of halogens is 1. The average Bonchev–Trinajstić information content (AvgIpc) is 2.44. The molecule has 2 rings (SSSR count). The van der Waals surface area contributed by atoms with Crippen LogP contribution in [-0.2, 0) is 4.74 Å². The number of hydrogen-bond acceptors (Lipinski definition) is 4. The third kappa shape index (κ3) is 4.45. The second-order valence-corrected chi connectivity index (χ2v) is 4.65. The highest BCUT2D eigenvalue weighted by atomic mass is 19.1. The van der Waals surface area contributed by atoms with Gasteiger partial charge in [0.25, 0.3) is 0 Å². The highest BCUT2D eigenvalue weighted by Gasteiger charge is 2.20. The highest BCUT2D eigenvalue weighted by molar-refractivity contribution is 5.22. The molecule has 1 aromatic carbocycles. The Kier molecular flexibility index (Phi) is 5.57. The summed E-state index contributed by atoms with van der Waals surface area (Å²) in [7, 11) is 0. The summed E-state index contributed by atoms with van der Waals surface area (Å²) in [5.41, 5.74) is 5.66. The molecule has 0 spiro atoms. The molecule has 1 heterocycles. The Balaban J connectivity index is 1.89. The van der Waals surface area contributed by atoms with Crippen molar-refractivity contribution in [3.05, 3.63) is 30.1 Å². The van der Waals surface area contributed by atoms with Crippen molar-refractivity contribution in [1.29, 1.82) is 0 Å². The normalized spacial score (nSPS) is 18.2. The molecule has 0 saturated carbocycles. The van der Waals surface area contributed by atoms with Gasteiger partial charge in [-0.05, 0) is 25.1 Å². The minimum atomic E-state index is -0.278. The minimum absolute atomic E-state index is 0.261. The van der Waals surface area contributed by atoms with E-state index in [1.807, 2.05) is 0 Å². The number of ether oxygens (including phenoxy) is 2. The first-order valence-electron chi connectivity index (χ1n) is 6.70. The van der Waals surface area contributed by atoms with Gasteiger partial charge in [-0.25, -0.2) is 4.39 Å². The van der Waals surface area contributed by atoms with Gasteiger partial charge in [0, 0.05) is 25.2 Å². The lowest BCUT2D eigenvalue weighted by Gasteiger charge is -2.34. The molecule has 1 unspecified atom stereocenters. The molecule has 0 bridgehead atoms. The molecule has 2 N–H and O–H groups in total. The molecule has 0 aromatic heterocycles. The van der Waals surface area contributed by atoms with Gasteiger partial charge in [-0.2, -0.15) is 0 Å². The van der Waals surface area contributed by atoms with Crippen LogP contribution in [0.2, 0.25) is 0 Å². The Hall–Kier alpha value is -1.17. The van der Waals surface area contributed by atoms with Crippen LogP contribution in [0.3, 0.4) is 0 Å². The van der Waals surface area contributed by atoms with Crippen molar-refractivity contribution in [3.8, 4) is 5.75 Å². The van der Waals surface area contributed by atoms with Gasteiger partial charge in [0.1, 0.15) is 18.2 Å². The van der Waals surface area contributed by atoms with Crippen molar-refractivity contribution in [2.45, 2.75) is 12.5 Å². The SMILES string of the molecule is NCCC(COc1cccc(F)c1)N1CCOCC1. The van der Waals surface area contributed by atoms with E-state index in [-0.39, 0.29) is 11.9 Å². The molecule has 1 saturated heterocycles. The van der Waals surface area contributed by atoms with Crippen LogP contribution < -0.4 is 10.5 Å². The molecule has 0 radical (unpaired) electrons. The van der Waals surface area contributed by atoms with E-state index in [2.05, 4.69) is 4.90 Å². The Bertz CT molecular complexity index is 383. The summed E-state index contributed by atoms with van der Waals surface area (Å²) in [6.45, 7) is 4.45. The lowest BCUT2D eigenvalue weighted by molar-refractivity contribution is 0.00456. The quantitative estimate of drug-likeness (QED) is 0.843. The Labute approximate surface area is 113 Å². The van der Waals surface area contributed by atoms with Crippen molar-refractivity contribution in [2.24, 2.45) is 5.73 Å². The number of benzene rings is 1. The summed E-state index contributed by atoms with van der Waals surface area (Å²) in [5.74, 6) is 0.287. The zero-order valence-electron chi connectivity index (χ0n) is 11.1. The number of rotatable bonds is 6.